The second kappa shape index (κ2) is 8.22. The first-order valence-electron chi connectivity index (χ1n) is 8.84. The van der Waals surface area contributed by atoms with E-state index in [4.69, 9.17) is 21.7 Å². The maximum Gasteiger partial charge on any atom is 0.281 e. The van der Waals surface area contributed by atoms with Crippen LogP contribution in [0.4, 0.5) is 5.69 Å². The van der Waals surface area contributed by atoms with Crippen LogP contribution in [0.1, 0.15) is 26.3 Å². The highest BCUT2D eigenvalue weighted by Gasteiger charge is 2.31. The molecule has 0 atom stereocenters. The molecule has 5 nitrogen and oxygen atoms in total. The van der Waals surface area contributed by atoms with Gasteiger partial charge in [-0.2, -0.15) is 0 Å². The first kappa shape index (κ1) is 18.9. The number of amides is 1. The van der Waals surface area contributed by atoms with Gasteiger partial charge in [0, 0.05) is 0 Å². The zero-order chi connectivity index (χ0) is 19.4. The molecule has 1 saturated heterocycles. The summed E-state index contributed by atoms with van der Waals surface area (Å²) >= 11 is 5.35. The van der Waals surface area contributed by atoms with E-state index in [1.54, 1.807) is 6.08 Å². The molecule has 1 amide bonds. The lowest BCUT2D eigenvalue weighted by molar-refractivity contribution is -0.113. The molecular formula is C21H22N2O3S. The summed E-state index contributed by atoms with van der Waals surface area (Å²) in [5.41, 5.74) is 2.02. The molecule has 1 aliphatic heterocycles. The molecule has 0 aromatic heterocycles. The van der Waals surface area contributed by atoms with E-state index < -0.39 is 0 Å². The molecular weight excluding hydrogens is 360 g/mol. The molecule has 1 aliphatic rings. The summed E-state index contributed by atoms with van der Waals surface area (Å²) in [5.74, 6) is 1.36. The number of anilines is 1. The van der Waals surface area contributed by atoms with E-state index in [-0.39, 0.29) is 12.0 Å². The first-order valence-corrected chi connectivity index (χ1v) is 9.25. The number of carbonyl (C=O) groups is 1. The van der Waals surface area contributed by atoms with Crippen molar-refractivity contribution in [1.29, 1.82) is 0 Å². The molecule has 0 unspecified atom stereocenters. The van der Waals surface area contributed by atoms with Crippen LogP contribution in [-0.2, 0) is 4.79 Å². The fourth-order valence-corrected chi connectivity index (χ4v) is 3.01. The molecule has 0 radical (unpaired) electrons. The van der Waals surface area contributed by atoms with Gasteiger partial charge in [0.25, 0.3) is 5.91 Å². The molecule has 6 heteroatoms. The van der Waals surface area contributed by atoms with Gasteiger partial charge in [-0.3, -0.25) is 9.69 Å². The van der Waals surface area contributed by atoms with Gasteiger partial charge in [-0.05, 0) is 81.0 Å². The molecule has 1 N–H and O–H groups in total. The average molecular weight is 382 g/mol. The predicted octanol–water partition coefficient (Wildman–Crippen LogP) is 4.13. The van der Waals surface area contributed by atoms with Crippen LogP contribution in [0.3, 0.4) is 0 Å². The predicted molar refractivity (Wildman–Crippen MR) is 111 cm³/mol. The van der Waals surface area contributed by atoms with Gasteiger partial charge in [0.15, 0.2) is 5.11 Å². The van der Waals surface area contributed by atoms with Crippen LogP contribution in [0, 0.1) is 0 Å². The summed E-state index contributed by atoms with van der Waals surface area (Å²) in [7, 11) is 0. The highest BCUT2D eigenvalue weighted by molar-refractivity contribution is 7.80. The third kappa shape index (κ3) is 4.46. The molecule has 0 saturated carbocycles. The van der Waals surface area contributed by atoms with Crippen molar-refractivity contribution in [2.24, 2.45) is 0 Å². The molecule has 0 spiro atoms. The lowest BCUT2D eigenvalue weighted by atomic mass is 10.2. The van der Waals surface area contributed by atoms with Crippen molar-refractivity contribution in [3.05, 3.63) is 59.8 Å². The zero-order valence-corrected chi connectivity index (χ0v) is 16.4. The van der Waals surface area contributed by atoms with Crippen LogP contribution in [0.5, 0.6) is 11.5 Å². The summed E-state index contributed by atoms with van der Waals surface area (Å²) in [6.45, 7) is 6.48. The maximum absolute atomic E-state index is 12.8. The summed E-state index contributed by atoms with van der Waals surface area (Å²) in [5, 5.41) is 3.35. The van der Waals surface area contributed by atoms with E-state index in [2.05, 4.69) is 5.32 Å². The zero-order valence-electron chi connectivity index (χ0n) is 15.6. The Morgan fingerprint density at radius 1 is 1.07 bits per heavy atom. The number of hydrogen-bond acceptors (Lipinski definition) is 4. The van der Waals surface area contributed by atoms with Crippen LogP contribution in [0.2, 0.25) is 0 Å². The van der Waals surface area contributed by atoms with Gasteiger partial charge in [-0.1, -0.05) is 12.1 Å². The van der Waals surface area contributed by atoms with Crippen LogP contribution < -0.4 is 19.7 Å². The monoisotopic (exact) mass is 382 g/mol. The Morgan fingerprint density at radius 2 is 1.70 bits per heavy atom. The van der Waals surface area contributed by atoms with Gasteiger partial charge in [0.05, 0.1) is 18.4 Å². The average Bonchev–Trinajstić information content (AvgIpc) is 2.91. The van der Waals surface area contributed by atoms with E-state index in [0.717, 1.165) is 17.1 Å². The lowest BCUT2D eigenvalue weighted by Gasteiger charge is -2.14. The number of nitrogens with one attached hydrogen (secondary N) is 1. The van der Waals surface area contributed by atoms with Crippen molar-refractivity contribution in [1.82, 2.24) is 5.32 Å². The first-order chi connectivity index (χ1) is 13.0. The topological polar surface area (TPSA) is 50.8 Å². The number of carbonyl (C=O) groups excluding carboxylic acids is 1. The summed E-state index contributed by atoms with van der Waals surface area (Å²) in [6, 6.07) is 14.9. The Labute approximate surface area is 164 Å². The minimum absolute atomic E-state index is 0.118. The van der Waals surface area contributed by atoms with Gasteiger partial charge >= 0.3 is 0 Å². The van der Waals surface area contributed by atoms with Crippen molar-refractivity contribution in [2.75, 3.05) is 11.5 Å². The van der Waals surface area contributed by atoms with Crippen molar-refractivity contribution in [3.63, 3.8) is 0 Å². The second-order valence-electron chi connectivity index (χ2n) is 6.29. The Hall–Kier alpha value is -2.86. The number of nitrogens with zero attached hydrogens (tertiary/aromatic N) is 1. The number of rotatable bonds is 6. The van der Waals surface area contributed by atoms with Crippen LogP contribution >= 0.6 is 12.2 Å². The summed E-state index contributed by atoms with van der Waals surface area (Å²) in [4.78, 5) is 14.3. The minimum Gasteiger partial charge on any atom is -0.494 e. The van der Waals surface area contributed by atoms with Crippen molar-refractivity contribution in [3.8, 4) is 11.5 Å². The third-order valence-corrected chi connectivity index (χ3v) is 4.13. The quantitative estimate of drug-likeness (QED) is 0.601. The van der Waals surface area contributed by atoms with Crippen molar-refractivity contribution in [2.45, 2.75) is 26.9 Å². The standard InChI is InChI=1S/C21H22N2O3S/c1-4-25-17-11-7-16(8-12-17)23-20(24)19(22-21(23)27)13-15-5-9-18(10-6-15)26-14(2)3/h5-14H,4H2,1-3H3,(H,22,27)/b19-13+. The van der Waals surface area contributed by atoms with Crippen LogP contribution in [0.25, 0.3) is 6.08 Å². The summed E-state index contributed by atoms with van der Waals surface area (Å²) < 4.78 is 11.1. The highest BCUT2D eigenvalue weighted by atomic mass is 32.1. The Kier molecular flexibility index (Phi) is 5.76. The fraction of sp³-hybridized carbons (Fsp3) is 0.238. The van der Waals surface area contributed by atoms with Gasteiger partial charge in [-0.15, -0.1) is 0 Å². The fourth-order valence-electron chi connectivity index (χ4n) is 2.71. The molecule has 2 aromatic carbocycles. The van der Waals surface area contributed by atoms with E-state index in [1.165, 1.54) is 4.90 Å². The molecule has 140 valence electrons. The largest absolute Gasteiger partial charge is 0.494 e. The molecule has 27 heavy (non-hydrogen) atoms. The molecule has 1 heterocycles. The minimum atomic E-state index is -0.188. The SMILES string of the molecule is CCOc1ccc(N2C(=O)/C(=C\c3ccc(OC(C)C)cc3)NC2=S)cc1. The van der Waals surface area contributed by atoms with E-state index in [9.17, 15) is 4.79 Å². The number of hydrogen-bond donors (Lipinski definition) is 1. The lowest BCUT2D eigenvalue weighted by Crippen LogP contribution is -2.30. The van der Waals surface area contributed by atoms with E-state index >= 15 is 0 Å². The number of ether oxygens (including phenoxy) is 2. The Balaban J connectivity index is 1.77. The summed E-state index contributed by atoms with van der Waals surface area (Å²) in [6.07, 6.45) is 1.90. The van der Waals surface area contributed by atoms with Gasteiger partial charge in [0.1, 0.15) is 17.2 Å². The van der Waals surface area contributed by atoms with Crippen molar-refractivity contribution < 1.29 is 14.3 Å². The van der Waals surface area contributed by atoms with Gasteiger partial charge in [-0.25, -0.2) is 0 Å². The molecule has 1 fully saturated rings. The van der Waals surface area contributed by atoms with Crippen molar-refractivity contribution >= 4 is 35.0 Å². The number of benzene rings is 2. The van der Waals surface area contributed by atoms with Gasteiger partial charge < -0.3 is 14.8 Å². The van der Waals surface area contributed by atoms with Crippen LogP contribution in [0.15, 0.2) is 54.2 Å². The third-order valence-electron chi connectivity index (χ3n) is 3.85. The Bertz CT molecular complexity index is 858. The number of thiocarbonyl (C=S) groups is 1. The molecule has 3 rings (SSSR count). The second-order valence-corrected chi connectivity index (χ2v) is 6.68. The van der Waals surface area contributed by atoms with Crippen LogP contribution in [-0.4, -0.2) is 23.7 Å². The van der Waals surface area contributed by atoms with E-state index in [1.807, 2.05) is 69.3 Å². The van der Waals surface area contributed by atoms with Gasteiger partial charge in [0.2, 0.25) is 0 Å². The normalized spacial score (nSPS) is 15.4. The maximum atomic E-state index is 12.8. The molecule has 0 bridgehead atoms. The highest BCUT2D eigenvalue weighted by Crippen LogP contribution is 2.25. The smallest absolute Gasteiger partial charge is 0.281 e. The van der Waals surface area contributed by atoms with E-state index in [0.29, 0.717) is 23.1 Å². The molecule has 2 aromatic rings. The Morgan fingerprint density at radius 3 is 2.30 bits per heavy atom. The molecule has 0 aliphatic carbocycles.